The third-order valence-corrected chi connectivity index (χ3v) is 5.07. The van der Waals surface area contributed by atoms with Gasteiger partial charge >= 0.3 is 12.0 Å². The van der Waals surface area contributed by atoms with Crippen LogP contribution in [-0.2, 0) is 16.0 Å². The van der Waals surface area contributed by atoms with Gasteiger partial charge in [-0.3, -0.25) is 9.79 Å². The maximum Gasteiger partial charge on any atom is 0.360 e. The molecule has 2 aromatic carbocycles. The number of urea groups is 1. The first-order valence-corrected chi connectivity index (χ1v) is 11.1. The van der Waals surface area contributed by atoms with Gasteiger partial charge in [-0.15, -0.1) is 5.11 Å². The van der Waals surface area contributed by atoms with E-state index in [1.54, 1.807) is 30.3 Å². The van der Waals surface area contributed by atoms with Crippen molar-refractivity contribution in [3.8, 4) is 0 Å². The van der Waals surface area contributed by atoms with E-state index < -0.39 is 30.0 Å². The number of aliphatic carboxylic acids is 1. The van der Waals surface area contributed by atoms with Crippen molar-refractivity contribution in [3.63, 3.8) is 0 Å². The molecule has 0 fully saturated rings. The van der Waals surface area contributed by atoms with Gasteiger partial charge in [-0.05, 0) is 49.4 Å². The lowest BCUT2D eigenvalue weighted by atomic mass is 10.0. The fourth-order valence-corrected chi connectivity index (χ4v) is 3.20. The number of azo groups is 1. The van der Waals surface area contributed by atoms with Crippen LogP contribution in [0.3, 0.4) is 0 Å². The Labute approximate surface area is 203 Å². The smallest absolute Gasteiger partial charge is 0.360 e. The Morgan fingerprint density at radius 1 is 1.00 bits per heavy atom. The molecular formula is C24H31N7O4. The molecule has 35 heavy (non-hydrogen) atoms. The third-order valence-electron chi connectivity index (χ3n) is 5.07. The summed E-state index contributed by atoms with van der Waals surface area (Å²) in [6.45, 7) is 3.97. The lowest BCUT2D eigenvalue weighted by Gasteiger charge is -2.20. The van der Waals surface area contributed by atoms with Crippen molar-refractivity contribution in [1.29, 1.82) is 0 Å². The van der Waals surface area contributed by atoms with Gasteiger partial charge in [0.15, 0.2) is 5.96 Å². The van der Waals surface area contributed by atoms with Crippen molar-refractivity contribution in [1.82, 2.24) is 10.6 Å². The molecule has 0 radical (unpaired) electrons. The number of aliphatic imine (C=N–C) groups is 1. The molecule has 0 bridgehead atoms. The predicted molar refractivity (Wildman–Crippen MR) is 132 cm³/mol. The van der Waals surface area contributed by atoms with Gasteiger partial charge < -0.3 is 27.2 Å². The maximum atomic E-state index is 13.0. The number of nitrogens with zero attached hydrogens (tertiary/aromatic N) is 3. The van der Waals surface area contributed by atoms with E-state index in [0.29, 0.717) is 12.1 Å². The highest BCUT2D eigenvalue weighted by molar-refractivity contribution is 5.90. The third kappa shape index (κ3) is 9.62. The molecule has 186 valence electrons. The normalized spacial score (nSPS) is 12.5. The van der Waals surface area contributed by atoms with E-state index in [1.807, 2.05) is 32.0 Å². The van der Waals surface area contributed by atoms with Crippen LogP contribution < -0.4 is 22.1 Å². The highest BCUT2D eigenvalue weighted by Gasteiger charge is 2.26. The minimum Gasteiger partial charge on any atom is -0.480 e. The Morgan fingerprint density at radius 3 is 2.37 bits per heavy atom. The molecule has 0 spiro atoms. The van der Waals surface area contributed by atoms with E-state index in [9.17, 15) is 19.5 Å². The number of nitrogens with two attached hydrogens (primary N) is 2. The topological polar surface area (TPSA) is 185 Å². The summed E-state index contributed by atoms with van der Waals surface area (Å²) in [6, 6.07) is 11.5. The van der Waals surface area contributed by atoms with Crippen LogP contribution in [-0.4, -0.2) is 47.6 Å². The molecule has 2 aromatic rings. The fourth-order valence-electron chi connectivity index (χ4n) is 3.20. The van der Waals surface area contributed by atoms with Crippen LogP contribution in [0, 0.1) is 13.8 Å². The molecule has 2 atom stereocenters. The van der Waals surface area contributed by atoms with Crippen molar-refractivity contribution in [2.24, 2.45) is 26.7 Å². The fraction of sp³-hybridized carbons (Fsp3) is 0.333. The molecule has 0 saturated heterocycles. The van der Waals surface area contributed by atoms with Gasteiger partial charge in [0, 0.05) is 13.0 Å². The Morgan fingerprint density at radius 2 is 1.71 bits per heavy atom. The quantitative estimate of drug-likeness (QED) is 0.142. The zero-order chi connectivity index (χ0) is 25.8. The number of hydrogen-bond acceptors (Lipinski definition) is 5. The summed E-state index contributed by atoms with van der Waals surface area (Å²) in [5.74, 6) is -1.96. The van der Waals surface area contributed by atoms with Crippen LogP contribution in [0.25, 0.3) is 0 Å². The second-order valence-electron chi connectivity index (χ2n) is 8.03. The van der Waals surface area contributed by atoms with Crippen molar-refractivity contribution >= 4 is 29.6 Å². The highest BCUT2D eigenvalue weighted by Crippen LogP contribution is 2.20. The standard InChI is InChI=1S/C24H31N7O4/c1-15-10-11-16(2)19(13-15)30-31-24(35)29-20(14-17-7-4-3-5-8-17)21(32)28-18(22(33)34)9-6-12-27-23(25)26/h3-5,7-8,10-11,13,18,20H,6,9,12,14H2,1-2H3,(H,28,32)(H,29,35)(H,33,34)(H4,25,26,27). The molecule has 0 aliphatic heterocycles. The molecule has 11 heteroatoms. The Kier molecular flexibility index (Phi) is 10.3. The molecule has 7 N–H and O–H groups in total. The number of carboxylic acids is 1. The predicted octanol–water partition coefficient (Wildman–Crippen LogP) is 2.33. The van der Waals surface area contributed by atoms with Gasteiger partial charge in [-0.2, -0.15) is 0 Å². The number of carbonyl (C=O) groups is 3. The number of carboxylic acid groups (broad SMARTS) is 1. The number of benzene rings is 2. The van der Waals surface area contributed by atoms with Gasteiger partial charge in [-0.25, -0.2) is 9.59 Å². The van der Waals surface area contributed by atoms with Gasteiger partial charge in [-0.1, -0.05) is 47.6 Å². The first-order chi connectivity index (χ1) is 16.7. The van der Waals surface area contributed by atoms with E-state index in [2.05, 4.69) is 25.9 Å². The van der Waals surface area contributed by atoms with Crippen LogP contribution >= 0.6 is 0 Å². The van der Waals surface area contributed by atoms with Crippen LogP contribution in [0.15, 0.2) is 63.8 Å². The monoisotopic (exact) mass is 481 g/mol. The van der Waals surface area contributed by atoms with Crippen LogP contribution in [0.4, 0.5) is 10.5 Å². The average Bonchev–Trinajstić information content (AvgIpc) is 2.81. The van der Waals surface area contributed by atoms with Crippen molar-refractivity contribution in [2.45, 2.75) is 45.2 Å². The van der Waals surface area contributed by atoms with Crippen molar-refractivity contribution in [3.05, 3.63) is 65.2 Å². The minimum atomic E-state index is -1.21. The average molecular weight is 482 g/mol. The molecule has 2 unspecified atom stereocenters. The maximum absolute atomic E-state index is 13.0. The molecular weight excluding hydrogens is 450 g/mol. The molecule has 0 aliphatic carbocycles. The van der Waals surface area contributed by atoms with E-state index in [4.69, 9.17) is 11.5 Å². The summed E-state index contributed by atoms with van der Waals surface area (Å²) in [4.78, 5) is 41.0. The van der Waals surface area contributed by atoms with E-state index >= 15 is 0 Å². The van der Waals surface area contributed by atoms with E-state index in [-0.39, 0.29) is 25.3 Å². The van der Waals surface area contributed by atoms with Gasteiger partial charge in [0.25, 0.3) is 0 Å². The number of rotatable bonds is 11. The highest BCUT2D eigenvalue weighted by atomic mass is 16.4. The zero-order valence-corrected chi connectivity index (χ0v) is 19.8. The Balaban J connectivity index is 2.13. The number of nitrogens with one attached hydrogen (secondary N) is 2. The number of hydrogen-bond donors (Lipinski definition) is 5. The molecule has 3 amide bonds. The lowest BCUT2D eigenvalue weighted by molar-refractivity contribution is -0.142. The Hall–Kier alpha value is -4.28. The summed E-state index contributed by atoms with van der Waals surface area (Å²) < 4.78 is 0. The summed E-state index contributed by atoms with van der Waals surface area (Å²) in [5.41, 5.74) is 13.7. The van der Waals surface area contributed by atoms with Crippen molar-refractivity contribution < 1.29 is 19.5 Å². The molecule has 0 saturated carbocycles. The van der Waals surface area contributed by atoms with E-state index in [0.717, 1.165) is 16.7 Å². The van der Waals surface area contributed by atoms with Gasteiger partial charge in [0.1, 0.15) is 12.1 Å². The van der Waals surface area contributed by atoms with Crippen LogP contribution in [0.5, 0.6) is 0 Å². The van der Waals surface area contributed by atoms with Crippen LogP contribution in [0.2, 0.25) is 0 Å². The van der Waals surface area contributed by atoms with Gasteiger partial charge in [0.05, 0.1) is 5.69 Å². The molecule has 0 heterocycles. The largest absolute Gasteiger partial charge is 0.480 e. The van der Waals surface area contributed by atoms with Crippen LogP contribution in [0.1, 0.15) is 29.5 Å². The first kappa shape index (κ1) is 27.0. The number of amides is 3. The zero-order valence-electron chi connectivity index (χ0n) is 19.8. The molecule has 11 nitrogen and oxygen atoms in total. The lowest BCUT2D eigenvalue weighted by Crippen LogP contribution is -2.52. The number of carbonyl (C=O) groups excluding carboxylic acids is 2. The second kappa shape index (κ2) is 13.4. The Bertz CT molecular complexity index is 1080. The molecule has 0 aromatic heterocycles. The second-order valence-corrected chi connectivity index (χ2v) is 8.03. The summed E-state index contributed by atoms with van der Waals surface area (Å²) in [5, 5.41) is 22.2. The van der Waals surface area contributed by atoms with Crippen molar-refractivity contribution in [2.75, 3.05) is 6.54 Å². The summed E-state index contributed by atoms with van der Waals surface area (Å²) in [7, 11) is 0. The van der Waals surface area contributed by atoms with E-state index in [1.165, 1.54) is 0 Å². The number of aryl methyl sites for hydroxylation is 2. The number of guanidine groups is 1. The SMILES string of the molecule is Cc1ccc(C)c(N=NC(=O)NC(Cc2ccccc2)C(=O)NC(CCCN=C(N)N)C(=O)O)c1. The molecule has 0 aliphatic rings. The minimum absolute atomic E-state index is 0.0958. The first-order valence-electron chi connectivity index (χ1n) is 11.1. The molecule has 2 rings (SSSR count). The summed E-state index contributed by atoms with van der Waals surface area (Å²) in [6.07, 6.45) is 0.586. The van der Waals surface area contributed by atoms with Gasteiger partial charge in [0.2, 0.25) is 5.91 Å². The summed E-state index contributed by atoms with van der Waals surface area (Å²) >= 11 is 0.